The van der Waals surface area contributed by atoms with E-state index in [0.717, 1.165) is 11.1 Å². The van der Waals surface area contributed by atoms with Gasteiger partial charge in [-0.25, -0.2) is 4.98 Å². The Bertz CT molecular complexity index is 708. The van der Waals surface area contributed by atoms with Gasteiger partial charge in [-0.05, 0) is 6.07 Å². The number of ether oxygens (including phenoxy) is 2. The third kappa shape index (κ3) is 2.19. The van der Waals surface area contributed by atoms with Gasteiger partial charge in [0.1, 0.15) is 28.8 Å². The third-order valence-corrected chi connectivity index (χ3v) is 3.23. The van der Waals surface area contributed by atoms with E-state index in [1.807, 2.05) is 19.0 Å². The number of anilines is 1. The van der Waals surface area contributed by atoms with Gasteiger partial charge in [-0.15, -0.1) is 0 Å². The van der Waals surface area contributed by atoms with Crippen LogP contribution in [0, 0.1) is 11.3 Å². The molecule has 0 N–H and O–H groups in total. The standard InChI is InChI=1S/C14H14ClN3O2/c1-18(2)10-5-8(7-16)17-13-11(19-3)6-9(15)14(20-4)12(10)13/h5-6H,1-4H3. The number of nitrogens with zero attached hydrogens (tertiary/aromatic N) is 3. The molecule has 0 aliphatic carbocycles. The fourth-order valence-electron chi connectivity index (χ4n) is 2.07. The number of pyridine rings is 1. The summed E-state index contributed by atoms with van der Waals surface area (Å²) in [6, 6.07) is 5.38. The Hall–Kier alpha value is -2.19. The second-order valence-electron chi connectivity index (χ2n) is 4.35. The zero-order chi connectivity index (χ0) is 14.9. The van der Waals surface area contributed by atoms with E-state index in [1.165, 1.54) is 7.11 Å². The smallest absolute Gasteiger partial charge is 0.149 e. The van der Waals surface area contributed by atoms with E-state index in [4.69, 9.17) is 26.3 Å². The number of nitriles is 1. The normalized spacial score (nSPS) is 10.2. The highest BCUT2D eigenvalue weighted by Crippen LogP contribution is 2.43. The van der Waals surface area contributed by atoms with Crippen molar-refractivity contribution in [3.05, 3.63) is 22.8 Å². The van der Waals surface area contributed by atoms with Crippen LogP contribution in [0.25, 0.3) is 10.9 Å². The Morgan fingerprint density at radius 2 is 1.95 bits per heavy atom. The summed E-state index contributed by atoms with van der Waals surface area (Å²) in [7, 11) is 6.84. The summed E-state index contributed by atoms with van der Waals surface area (Å²) in [4.78, 5) is 6.18. The number of hydrogen-bond donors (Lipinski definition) is 0. The van der Waals surface area contributed by atoms with Crippen LogP contribution >= 0.6 is 11.6 Å². The number of fused-ring (bicyclic) bond motifs is 1. The molecule has 0 unspecified atom stereocenters. The molecule has 0 bridgehead atoms. The average molecular weight is 292 g/mol. The van der Waals surface area contributed by atoms with Crippen molar-refractivity contribution in [2.75, 3.05) is 33.2 Å². The van der Waals surface area contributed by atoms with E-state index in [1.54, 1.807) is 19.2 Å². The predicted molar refractivity (Wildman–Crippen MR) is 78.9 cm³/mol. The van der Waals surface area contributed by atoms with Gasteiger partial charge in [0, 0.05) is 20.2 Å². The van der Waals surface area contributed by atoms with Crippen molar-refractivity contribution in [2.45, 2.75) is 0 Å². The maximum atomic E-state index is 9.12. The minimum Gasteiger partial charge on any atom is -0.494 e. The van der Waals surface area contributed by atoms with E-state index in [0.29, 0.717) is 27.7 Å². The lowest BCUT2D eigenvalue weighted by Gasteiger charge is -2.19. The molecule has 2 rings (SSSR count). The van der Waals surface area contributed by atoms with Crippen LogP contribution in [0.15, 0.2) is 12.1 Å². The van der Waals surface area contributed by atoms with Gasteiger partial charge in [0.2, 0.25) is 0 Å². The molecule has 0 spiro atoms. The number of halogens is 1. The molecule has 0 aliphatic rings. The lowest BCUT2D eigenvalue weighted by molar-refractivity contribution is 0.410. The molecular weight excluding hydrogens is 278 g/mol. The molecule has 1 heterocycles. The van der Waals surface area contributed by atoms with Gasteiger partial charge >= 0.3 is 0 Å². The monoisotopic (exact) mass is 291 g/mol. The average Bonchev–Trinajstić information content (AvgIpc) is 2.45. The first kappa shape index (κ1) is 14.2. The minimum absolute atomic E-state index is 0.309. The van der Waals surface area contributed by atoms with Crippen LogP contribution < -0.4 is 14.4 Å². The molecule has 6 heteroatoms. The lowest BCUT2D eigenvalue weighted by atomic mass is 10.1. The Morgan fingerprint density at radius 3 is 2.45 bits per heavy atom. The first-order chi connectivity index (χ1) is 9.53. The molecule has 20 heavy (non-hydrogen) atoms. The topological polar surface area (TPSA) is 58.4 Å². The maximum absolute atomic E-state index is 9.12. The molecule has 0 aliphatic heterocycles. The van der Waals surface area contributed by atoms with Gasteiger partial charge in [-0.3, -0.25) is 0 Å². The Morgan fingerprint density at radius 1 is 1.25 bits per heavy atom. The minimum atomic E-state index is 0.309. The molecule has 5 nitrogen and oxygen atoms in total. The van der Waals surface area contributed by atoms with Crippen molar-refractivity contribution >= 4 is 28.2 Å². The highest BCUT2D eigenvalue weighted by atomic mass is 35.5. The van der Waals surface area contributed by atoms with Crippen LogP contribution in [0.4, 0.5) is 5.69 Å². The van der Waals surface area contributed by atoms with E-state index in [-0.39, 0.29) is 0 Å². The Labute approximate surface area is 122 Å². The summed E-state index contributed by atoms with van der Waals surface area (Å²) in [6.45, 7) is 0. The van der Waals surface area contributed by atoms with E-state index in [9.17, 15) is 0 Å². The van der Waals surface area contributed by atoms with Gasteiger partial charge < -0.3 is 14.4 Å². The van der Waals surface area contributed by atoms with Gasteiger partial charge in [-0.1, -0.05) is 11.6 Å². The second-order valence-corrected chi connectivity index (χ2v) is 4.76. The summed E-state index contributed by atoms with van der Waals surface area (Å²) >= 11 is 6.22. The van der Waals surface area contributed by atoms with Crippen molar-refractivity contribution in [3.8, 4) is 17.6 Å². The summed E-state index contributed by atoms with van der Waals surface area (Å²) in [6.07, 6.45) is 0. The quantitative estimate of drug-likeness (QED) is 0.870. The van der Waals surface area contributed by atoms with Crippen LogP contribution in [0.1, 0.15) is 5.69 Å². The zero-order valence-electron chi connectivity index (χ0n) is 11.7. The zero-order valence-corrected chi connectivity index (χ0v) is 12.4. The van der Waals surface area contributed by atoms with Crippen LogP contribution in [-0.4, -0.2) is 33.3 Å². The molecule has 1 aromatic carbocycles. The first-order valence-corrected chi connectivity index (χ1v) is 6.24. The molecule has 1 aromatic heterocycles. The van der Waals surface area contributed by atoms with Gasteiger partial charge in [-0.2, -0.15) is 5.26 Å². The molecule has 0 saturated carbocycles. The maximum Gasteiger partial charge on any atom is 0.149 e. The van der Waals surface area contributed by atoms with Gasteiger partial charge in [0.05, 0.1) is 30.3 Å². The molecule has 0 fully saturated rings. The fourth-order valence-corrected chi connectivity index (χ4v) is 2.34. The van der Waals surface area contributed by atoms with Gasteiger partial charge in [0.15, 0.2) is 0 Å². The van der Waals surface area contributed by atoms with Gasteiger partial charge in [0.25, 0.3) is 0 Å². The predicted octanol–water partition coefficient (Wildman–Crippen LogP) is 2.84. The molecule has 0 atom stereocenters. The highest BCUT2D eigenvalue weighted by Gasteiger charge is 2.19. The second kappa shape index (κ2) is 5.43. The van der Waals surface area contributed by atoms with Crippen molar-refractivity contribution < 1.29 is 9.47 Å². The highest BCUT2D eigenvalue weighted by molar-refractivity contribution is 6.34. The van der Waals surface area contributed by atoms with Crippen LogP contribution in [0.5, 0.6) is 11.5 Å². The summed E-state index contributed by atoms with van der Waals surface area (Å²) in [5.41, 5.74) is 1.66. The van der Waals surface area contributed by atoms with Crippen LogP contribution in [0.2, 0.25) is 5.02 Å². The first-order valence-electron chi connectivity index (χ1n) is 5.86. The Balaban J connectivity index is 3.02. The SMILES string of the molecule is COc1cc(Cl)c(OC)c2c(N(C)C)cc(C#N)nc12. The van der Waals surface area contributed by atoms with E-state index in [2.05, 4.69) is 11.1 Å². The largest absolute Gasteiger partial charge is 0.494 e. The summed E-state index contributed by atoms with van der Waals surface area (Å²) in [5.74, 6) is 1.02. The number of benzene rings is 1. The molecule has 2 aromatic rings. The van der Waals surface area contributed by atoms with Crippen molar-refractivity contribution in [1.82, 2.24) is 4.98 Å². The third-order valence-electron chi connectivity index (χ3n) is 2.95. The number of methoxy groups -OCH3 is 2. The number of rotatable bonds is 3. The summed E-state index contributed by atoms with van der Waals surface area (Å²) < 4.78 is 10.7. The fraction of sp³-hybridized carbons (Fsp3) is 0.286. The van der Waals surface area contributed by atoms with Crippen LogP contribution in [0.3, 0.4) is 0 Å². The molecule has 0 amide bonds. The number of hydrogen-bond acceptors (Lipinski definition) is 5. The van der Waals surface area contributed by atoms with Crippen LogP contribution in [-0.2, 0) is 0 Å². The van der Waals surface area contributed by atoms with E-state index < -0.39 is 0 Å². The molecule has 0 radical (unpaired) electrons. The van der Waals surface area contributed by atoms with Crippen molar-refractivity contribution in [1.29, 1.82) is 5.26 Å². The molecular formula is C14H14ClN3O2. The number of aromatic nitrogens is 1. The van der Waals surface area contributed by atoms with Crippen molar-refractivity contribution in [2.24, 2.45) is 0 Å². The summed E-state index contributed by atoms with van der Waals surface area (Å²) in [5, 5.41) is 10.3. The molecule has 104 valence electrons. The Kier molecular flexibility index (Phi) is 3.86. The molecule has 0 saturated heterocycles. The van der Waals surface area contributed by atoms with Crippen molar-refractivity contribution in [3.63, 3.8) is 0 Å². The van der Waals surface area contributed by atoms with E-state index >= 15 is 0 Å². The lowest BCUT2D eigenvalue weighted by Crippen LogP contribution is -2.11.